The van der Waals surface area contributed by atoms with E-state index in [4.69, 9.17) is 19.9 Å². The topological polar surface area (TPSA) is 87.8 Å². The lowest BCUT2D eigenvalue weighted by atomic mass is 10.1. The van der Waals surface area contributed by atoms with Crippen LogP contribution in [0.4, 0.5) is 5.69 Å². The van der Waals surface area contributed by atoms with Crippen LogP contribution in [0.3, 0.4) is 0 Å². The summed E-state index contributed by atoms with van der Waals surface area (Å²) in [5.41, 5.74) is 6.13. The van der Waals surface area contributed by atoms with Gasteiger partial charge >= 0.3 is 11.9 Å². The Hall–Kier alpha value is -2.24. The summed E-state index contributed by atoms with van der Waals surface area (Å²) in [6.07, 6.45) is -0.475. The first-order valence-electron chi connectivity index (χ1n) is 5.43. The van der Waals surface area contributed by atoms with Gasteiger partial charge in [-0.2, -0.15) is 0 Å². The van der Waals surface area contributed by atoms with Crippen LogP contribution in [0.15, 0.2) is 18.2 Å². The maximum atomic E-state index is 11.9. The van der Waals surface area contributed by atoms with Gasteiger partial charge in [0, 0.05) is 12.1 Å². The number of benzene rings is 1. The second kappa shape index (κ2) is 4.95. The number of ether oxygens (including phenoxy) is 3. The van der Waals surface area contributed by atoms with E-state index >= 15 is 0 Å². The molecule has 0 amide bonds. The third-order valence-corrected chi connectivity index (χ3v) is 2.62. The standard InChI is InChI=1S/C12H13NO5/c1-16-7-2-3-9(13)8(6-7)11(14)18-10-4-5-17-12(10)15/h2-3,6,10H,4-5,13H2,1H3. The molecule has 1 heterocycles. The molecule has 0 spiro atoms. The SMILES string of the molecule is COc1ccc(N)c(C(=O)OC2CCOC2=O)c1. The number of nitrogens with two attached hydrogens (primary N) is 1. The molecule has 96 valence electrons. The number of hydrogen-bond acceptors (Lipinski definition) is 6. The van der Waals surface area contributed by atoms with Crippen molar-refractivity contribution in [2.24, 2.45) is 0 Å². The number of carbonyl (C=O) groups excluding carboxylic acids is 2. The number of nitrogen functional groups attached to an aromatic ring is 1. The molecule has 1 aromatic rings. The molecule has 1 aromatic carbocycles. The van der Waals surface area contributed by atoms with Gasteiger partial charge < -0.3 is 19.9 Å². The van der Waals surface area contributed by atoms with E-state index in [9.17, 15) is 9.59 Å². The lowest BCUT2D eigenvalue weighted by Gasteiger charge is -2.10. The molecule has 1 saturated heterocycles. The lowest BCUT2D eigenvalue weighted by Crippen LogP contribution is -2.23. The van der Waals surface area contributed by atoms with Gasteiger partial charge in [-0.3, -0.25) is 0 Å². The third kappa shape index (κ3) is 2.37. The van der Waals surface area contributed by atoms with Crippen LogP contribution in [-0.2, 0) is 14.3 Å². The second-order valence-corrected chi connectivity index (χ2v) is 3.80. The first kappa shape index (κ1) is 12.2. The van der Waals surface area contributed by atoms with Gasteiger partial charge in [0.1, 0.15) is 5.75 Å². The molecule has 0 radical (unpaired) electrons. The van der Waals surface area contributed by atoms with E-state index in [1.807, 2.05) is 0 Å². The summed E-state index contributed by atoms with van der Waals surface area (Å²) in [7, 11) is 1.48. The van der Waals surface area contributed by atoms with Crippen LogP contribution in [0.25, 0.3) is 0 Å². The monoisotopic (exact) mass is 251 g/mol. The number of rotatable bonds is 3. The van der Waals surface area contributed by atoms with Crippen molar-refractivity contribution < 1.29 is 23.8 Å². The zero-order valence-corrected chi connectivity index (χ0v) is 9.84. The molecular formula is C12H13NO5. The van der Waals surface area contributed by atoms with Crippen LogP contribution < -0.4 is 10.5 Å². The number of cyclic esters (lactones) is 1. The van der Waals surface area contributed by atoms with Gasteiger partial charge in [-0.15, -0.1) is 0 Å². The Morgan fingerprint density at radius 2 is 2.28 bits per heavy atom. The van der Waals surface area contributed by atoms with E-state index in [1.165, 1.54) is 13.2 Å². The van der Waals surface area contributed by atoms with Gasteiger partial charge in [-0.25, -0.2) is 9.59 Å². The summed E-state index contributed by atoms with van der Waals surface area (Å²) >= 11 is 0. The average molecular weight is 251 g/mol. The molecular weight excluding hydrogens is 238 g/mol. The van der Waals surface area contributed by atoms with E-state index in [1.54, 1.807) is 12.1 Å². The van der Waals surface area contributed by atoms with Gasteiger partial charge in [0.2, 0.25) is 6.10 Å². The van der Waals surface area contributed by atoms with E-state index in [0.29, 0.717) is 12.2 Å². The summed E-state index contributed by atoms with van der Waals surface area (Å²) in [6, 6.07) is 4.65. The molecule has 1 unspecified atom stereocenters. The third-order valence-electron chi connectivity index (χ3n) is 2.62. The molecule has 1 aliphatic heterocycles. The fourth-order valence-corrected chi connectivity index (χ4v) is 1.62. The lowest BCUT2D eigenvalue weighted by molar-refractivity contribution is -0.145. The highest BCUT2D eigenvalue weighted by Crippen LogP contribution is 2.22. The summed E-state index contributed by atoms with van der Waals surface area (Å²) < 4.78 is 14.7. The first-order chi connectivity index (χ1) is 8.61. The molecule has 6 heteroatoms. The quantitative estimate of drug-likeness (QED) is 0.630. The van der Waals surface area contributed by atoms with Crippen molar-refractivity contribution in [3.63, 3.8) is 0 Å². The van der Waals surface area contributed by atoms with Crippen molar-refractivity contribution in [2.75, 3.05) is 19.5 Å². The zero-order valence-electron chi connectivity index (χ0n) is 9.84. The normalized spacial score (nSPS) is 18.3. The molecule has 1 aliphatic rings. The fourth-order valence-electron chi connectivity index (χ4n) is 1.62. The van der Waals surface area contributed by atoms with E-state index in [0.717, 1.165) is 0 Å². The van der Waals surface area contributed by atoms with Crippen LogP contribution in [0.1, 0.15) is 16.8 Å². The minimum absolute atomic E-state index is 0.175. The smallest absolute Gasteiger partial charge is 0.347 e. The predicted molar refractivity (Wildman–Crippen MR) is 62.2 cm³/mol. The molecule has 0 saturated carbocycles. The highest BCUT2D eigenvalue weighted by Gasteiger charge is 2.31. The second-order valence-electron chi connectivity index (χ2n) is 3.80. The van der Waals surface area contributed by atoms with Gasteiger partial charge in [-0.1, -0.05) is 0 Å². The van der Waals surface area contributed by atoms with Crippen LogP contribution in [0, 0.1) is 0 Å². The van der Waals surface area contributed by atoms with E-state index < -0.39 is 18.0 Å². The molecule has 18 heavy (non-hydrogen) atoms. The maximum absolute atomic E-state index is 11.9. The van der Waals surface area contributed by atoms with Crippen molar-refractivity contribution in [1.29, 1.82) is 0 Å². The maximum Gasteiger partial charge on any atom is 0.347 e. The Morgan fingerprint density at radius 1 is 1.50 bits per heavy atom. The Morgan fingerprint density at radius 3 is 2.89 bits per heavy atom. The zero-order chi connectivity index (χ0) is 13.1. The van der Waals surface area contributed by atoms with Crippen molar-refractivity contribution in [3.05, 3.63) is 23.8 Å². The molecule has 0 bridgehead atoms. The van der Waals surface area contributed by atoms with Crippen LogP contribution in [-0.4, -0.2) is 31.8 Å². The summed E-state index contributed by atoms with van der Waals surface area (Å²) in [6.45, 7) is 0.268. The minimum atomic E-state index is -0.844. The number of carbonyl (C=O) groups is 2. The molecule has 1 fully saturated rings. The van der Waals surface area contributed by atoms with Crippen LogP contribution in [0.2, 0.25) is 0 Å². The number of hydrogen-bond donors (Lipinski definition) is 1. The molecule has 0 aliphatic carbocycles. The molecule has 1 atom stereocenters. The minimum Gasteiger partial charge on any atom is -0.497 e. The van der Waals surface area contributed by atoms with Gasteiger partial charge in [0.05, 0.1) is 19.3 Å². The van der Waals surface area contributed by atoms with Gasteiger partial charge in [0.15, 0.2) is 0 Å². The van der Waals surface area contributed by atoms with Gasteiger partial charge in [-0.05, 0) is 18.2 Å². The van der Waals surface area contributed by atoms with E-state index in [2.05, 4.69) is 0 Å². The predicted octanol–water partition coefficient (Wildman–Crippen LogP) is 0.750. The first-order valence-corrected chi connectivity index (χ1v) is 5.43. The Bertz CT molecular complexity index is 485. The van der Waals surface area contributed by atoms with Crippen molar-refractivity contribution >= 4 is 17.6 Å². The molecule has 0 aromatic heterocycles. The molecule has 6 nitrogen and oxygen atoms in total. The average Bonchev–Trinajstić information content (AvgIpc) is 2.75. The summed E-state index contributed by atoms with van der Waals surface area (Å²) in [5.74, 6) is -0.690. The Balaban J connectivity index is 2.15. The summed E-state index contributed by atoms with van der Waals surface area (Å²) in [5, 5.41) is 0. The van der Waals surface area contributed by atoms with Gasteiger partial charge in [0.25, 0.3) is 0 Å². The van der Waals surface area contributed by atoms with E-state index in [-0.39, 0.29) is 17.9 Å². The largest absolute Gasteiger partial charge is 0.497 e. The van der Waals surface area contributed by atoms with Crippen molar-refractivity contribution in [3.8, 4) is 5.75 Å². The highest BCUT2D eigenvalue weighted by atomic mass is 16.6. The fraction of sp³-hybridized carbons (Fsp3) is 0.333. The Labute approximate surface area is 104 Å². The molecule has 2 rings (SSSR count). The van der Waals surface area contributed by atoms with Crippen LogP contribution in [0.5, 0.6) is 5.75 Å². The number of anilines is 1. The number of methoxy groups -OCH3 is 1. The van der Waals surface area contributed by atoms with Crippen molar-refractivity contribution in [2.45, 2.75) is 12.5 Å². The highest BCUT2D eigenvalue weighted by molar-refractivity contribution is 5.97. The van der Waals surface area contributed by atoms with Crippen LogP contribution >= 0.6 is 0 Å². The van der Waals surface area contributed by atoms with Crippen molar-refractivity contribution in [1.82, 2.24) is 0 Å². The molecule has 2 N–H and O–H groups in total. The number of esters is 2. The summed E-state index contributed by atoms with van der Waals surface area (Å²) in [4.78, 5) is 23.1. The Kier molecular flexibility index (Phi) is 3.36.